The second kappa shape index (κ2) is 5.49. The number of rotatable bonds is 3. The van der Waals surface area contributed by atoms with E-state index in [2.05, 4.69) is 10.3 Å². The van der Waals surface area contributed by atoms with Crippen LogP contribution in [0, 0.1) is 6.92 Å². The number of carbonyl (C=O) groups excluding carboxylic acids is 1. The van der Waals surface area contributed by atoms with Crippen molar-refractivity contribution in [1.82, 2.24) is 4.98 Å². The molecule has 4 rings (SSSR count). The highest BCUT2D eigenvalue weighted by atomic mass is 16.7. The van der Waals surface area contributed by atoms with E-state index in [1.807, 2.05) is 25.1 Å². The van der Waals surface area contributed by atoms with Gasteiger partial charge in [0, 0.05) is 17.4 Å². The van der Waals surface area contributed by atoms with Gasteiger partial charge in [-0.2, -0.15) is 0 Å². The molecule has 3 aromatic rings. The van der Waals surface area contributed by atoms with Crippen LogP contribution in [-0.2, 0) is 0 Å². The summed E-state index contributed by atoms with van der Waals surface area (Å²) < 4.78 is 16.0. The van der Waals surface area contributed by atoms with Crippen LogP contribution in [0.15, 0.2) is 36.4 Å². The number of H-pyrrole nitrogens is 1. The Kier molecular flexibility index (Phi) is 3.30. The van der Waals surface area contributed by atoms with E-state index in [4.69, 9.17) is 14.2 Å². The molecule has 0 saturated carbocycles. The summed E-state index contributed by atoms with van der Waals surface area (Å²) in [7, 11) is 1.59. The summed E-state index contributed by atoms with van der Waals surface area (Å²) in [6, 6.07) is 11.0. The first-order chi connectivity index (χ1) is 11.7. The summed E-state index contributed by atoms with van der Waals surface area (Å²) in [5.74, 6) is 1.76. The topological polar surface area (TPSA) is 72.6 Å². The van der Waals surface area contributed by atoms with Gasteiger partial charge in [0.05, 0.1) is 23.6 Å². The lowest BCUT2D eigenvalue weighted by Crippen LogP contribution is -2.13. The fraction of sp³-hybridized carbons (Fsp3) is 0.167. The highest BCUT2D eigenvalue weighted by Crippen LogP contribution is 2.35. The molecule has 1 aliphatic rings. The van der Waals surface area contributed by atoms with Gasteiger partial charge in [0.1, 0.15) is 5.75 Å². The quantitative estimate of drug-likeness (QED) is 0.774. The van der Waals surface area contributed by atoms with Crippen LogP contribution in [0.1, 0.15) is 16.1 Å². The average Bonchev–Trinajstić information content (AvgIpc) is 3.16. The van der Waals surface area contributed by atoms with Gasteiger partial charge < -0.3 is 24.5 Å². The molecule has 0 aliphatic carbocycles. The van der Waals surface area contributed by atoms with Crippen LogP contribution < -0.4 is 19.5 Å². The number of benzene rings is 2. The summed E-state index contributed by atoms with van der Waals surface area (Å²) in [4.78, 5) is 16.0. The molecule has 122 valence electrons. The molecule has 0 spiro atoms. The molecule has 0 unspecified atom stereocenters. The van der Waals surface area contributed by atoms with Gasteiger partial charge in [0.25, 0.3) is 5.91 Å². The van der Waals surface area contributed by atoms with Gasteiger partial charge in [-0.1, -0.05) is 6.07 Å². The van der Waals surface area contributed by atoms with Crippen molar-refractivity contribution in [2.75, 3.05) is 19.2 Å². The Hall–Kier alpha value is -3.15. The number of aryl methyl sites for hydroxylation is 1. The molecule has 1 amide bonds. The lowest BCUT2D eigenvalue weighted by atomic mass is 10.1. The van der Waals surface area contributed by atoms with Crippen molar-refractivity contribution in [3.8, 4) is 17.2 Å². The number of aromatic nitrogens is 1. The minimum atomic E-state index is -0.206. The molecule has 1 aliphatic heterocycles. The Bertz CT molecular complexity index is 946. The van der Waals surface area contributed by atoms with Crippen molar-refractivity contribution in [2.45, 2.75) is 6.92 Å². The zero-order valence-corrected chi connectivity index (χ0v) is 13.3. The SMILES string of the molecule is COc1cccc2[nH]c(C)c(C(=O)Nc3ccc4c(c3)OCO4)c12. The van der Waals surface area contributed by atoms with E-state index in [1.54, 1.807) is 25.3 Å². The number of methoxy groups -OCH3 is 1. The van der Waals surface area contributed by atoms with Crippen LogP contribution in [0.3, 0.4) is 0 Å². The van der Waals surface area contributed by atoms with Gasteiger partial charge in [-0.25, -0.2) is 0 Å². The number of nitrogens with one attached hydrogen (secondary N) is 2. The summed E-state index contributed by atoms with van der Waals surface area (Å²) in [6.07, 6.45) is 0. The van der Waals surface area contributed by atoms with Crippen molar-refractivity contribution >= 4 is 22.5 Å². The third kappa shape index (κ3) is 2.23. The highest BCUT2D eigenvalue weighted by molar-refractivity contribution is 6.15. The first-order valence-electron chi connectivity index (χ1n) is 7.53. The molecule has 0 saturated heterocycles. The minimum Gasteiger partial charge on any atom is -0.496 e. The van der Waals surface area contributed by atoms with Crippen LogP contribution in [0.4, 0.5) is 5.69 Å². The maximum atomic E-state index is 12.8. The number of hydrogen-bond acceptors (Lipinski definition) is 4. The van der Waals surface area contributed by atoms with Gasteiger partial charge in [-0.15, -0.1) is 0 Å². The molecule has 2 heterocycles. The highest BCUT2D eigenvalue weighted by Gasteiger charge is 2.20. The predicted molar refractivity (Wildman–Crippen MR) is 90.1 cm³/mol. The maximum Gasteiger partial charge on any atom is 0.258 e. The van der Waals surface area contributed by atoms with E-state index >= 15 is 0 Å². The van der Waals surface area contributed by atoms with E-state index in [1.165, 1.54) is 0 Å². The number of aromatic amines is 1. The van der Waals surface area contributed by atoms with Crippen molar-refractivity contribution in [1.29, 1.82) is 0 Å². The molecule has 24 heavy (non-hydrogen) atoms. The number of carbonyl (C=O) groups is 1. The molecular formula is C18H16N2O4. The molecule has 0 fully saturated rings. The Labute approximate surface area is 138 Å². The normalized spacial score (nSPS) is 12.4. The largest absolute Gasteiger partial charge is 0.496 e. The van der Waals surface area contributed by atoms with E-state index in [0.29, 0.717) is 28.5 Å². The van der Waals surface area contributed by atoms with Crippen molar-refractivity contribution in [2.24, 2.45) is 0 Å². The van der Waals surface area contributed by atoms with Crippen LogP contribution >= 0.6 is 0 Å². The van der Waals surface area contributed by atoms with Crippen LogP contribution in [-0.4, -0.2) is 24.8 Å². The van der Waals surface area contributed by atoms with E-state index in [-0.39, 0.29) is 12.7 Å². The molecule has 1 aromatic heterocycles. The van der Waals surface area contributed by atoms with Crippen LogP contribution in [0.5, 0.6) is 17.2 Å². The van der Waals surface area contributed by atoms with E-state index in [9.17, 15) is 4.79 Å². The Balaban J connectivity index is 1.72. The maximum absolute atomic E-state index is 12.8. The Morgan fingerprint density at radius 1 is 1.21 bits per heavy atom. The van der Waals surface area contributed by atoms with Crippen molar-refractivity contribution in [3.05, 3.63) is 47.7 Å². The van der Waals surface area contributed by atoms with E-state index in [0.717, 1.165) is 16.6 Å². The fourth-order valence-electron chi connectivity index (χ4n) is 2.97. The van der Waals surface area contributed by atoms with Gasteiger partial charge in [0.2, 0.25) is 6.79 Å². The number of fused-ring (bicyclic) bond motifs is 2. The average molecular weight is 324 g/mol. The van der Waals surface area contributed by atoms with Crippen LogP contribution in [0.2, 0.25) is 0 Å². The number of anilines is 1. The molecule has 2 aromatic carbocycles. The smallest absolute Gasteiger partial charge is 0.258 e. The zero-order chi connectivity index (χ0) is 16.7. The van der Waals surface area contributed by atoms with E-state index < -0.39 is 0 Å². The molecule has 6 nitrogen and oxygen atoms in total. The lowest BCUT2D eigenvalue weighted by molar-refractivity contribution is 0.102. The second-order valence-electron chi connectivity index (χ2n) is 5.53. The summed E-state index contributed by atoms with van der Waals surface area (Å²) in [5.41, 5.74) is 2.86. The molecule has 6 heteroatoms. The van der Waals surface area contributed by atoms with Gasteiger partial charge in [-0.05, 0) is 31.2 Å². The molecule has 0 radical (unpaired) electrons. The molecule has 0 bridgehead atoms. The van der Waals surface area contributed by atoms with Crippen LogP contribution in [0.25, 0.3) is 10.9 Å². The summed E-state index contributed by atoms with van der Waals surface area (Å²) >= 11 is 0. The third-order valence-electron chi connectivity index (χ3n) is 4.05. The lowest BCUT2D eigenvalue weighted by Gasteiger charge is -2.08. The van der Waals surface area contributed by atoms with Gasteiger partial charge in [-0.3, -0.25) is 4.79 Å². The monoisotopic (exact) mass is 324 g/mol. The predicted octanol–water partition coefficient (Wildman–Crippen LogP) is 3.47. The summed E-state index contributed by atoms with van der Waals surface area (Å²) in [5, 5.41) is 3.68. The van der Waals surface area contributed by atoms with Crippen molar-refractivity contribution < 1.29 is 19.0 Å². The molecular weight excluding hydrogens is 308 g/mol. The number of amides is 1. The fourth-order valence-corrected chi connectivity index (χ4v) is 2.97. The number of ether oxygens (including phenoxy) is 3. The summed E-state index contributed by atoms with van der Waals surface area (Å²) in [6.45, 7) is 2.07. The molecule has 2 N–H and O–H groups in total. The van der Waals surface area contributed by atoms with Crippen molar-refractivity contribution in [3.63, 3.8) is 0 Å². The zero-order valence-electron chi connectivity index (χ0n) is 13.3. The van der Waals surface area contributed by atoms with Gasteiger partial charge in [0.15, 0.2) is 11.5 Å². The Morgan fingerprint density at radius 2 is 2.04 bits per heavy atom. The molecule has 0 atom stereocenters. The Morgan fingerprint density at radius 3 is 2.88 bits per heavy atom. The standard InChI is InChI=1S/C18H16N2O4/c1-10-16(17-12(19-10)4-3-5-14(17)22-2)18(21)20-11-6-7-13-15(8-11)24-9-23-13/h3-8,19H,9H2,1-2H3,(H,20,21). The first-order valence-corrected chi connectivity index (χ1v) is 7.53. The first kappa shape index (κ1) is 14.4. The second-order valence-corrected chi connectivity index (χ2v) is 5.53. The van der Waals surface area contributed by atoms with Gasteiger partial charge >= 0.3 is 0 Å². The minimum absolute atomic E-state index is 0.200. The number of hydrogen-bond donors (Lipinski definition) is 2. The third-order valence-corrected chi connectivity index (χ3v) is 4.05.